The number of rotatable bonds is 6. The molecule has 148 valence electrons. The molecular formula is C24H26N4O. The van der Waals surface area contributed by atoms with Crippen molar-refractivity contribution in [3.63, 3.8) is 0 Å². The molecule has 0 spiro atoms. The molecule has 2 unspecified atom stereocenters. The summed E-state index contributed by atoms with van der Waals surface area (Å²) in [5.74, 6) is 1.94. The van der Waals surface area contributed by atoms with E-state index in [0.29, 0.717) is 12.5 Å². The summed E-state index contributed by atoms with van der Waals surface area (Å²) in [5.41, 5.74) is 4.74. The average molecular weight is 386 g/mol. The zero-order valence-corrected chi connectivity index (χ0v) is 17.1. The maximum absolute atomic E-state index is 12.0. The maximum Gasteiger partial charge on any atom is 0.223 e. The van der Waals surface area contributed by atoms with Crippen LogP contribution in [0.15, 0.2) is 54.9 Å². The Labute approximate surface area is 171 Å². The number of amides is 1. The molecule has 2 aromatic heterocycles. The molecule has 5 nitrogen and oxygen atoms in total. The molecule has 2 heterocycles. The standard InChI is InChI=1S/C24H26N4O/c1-15(2)23-26-14-20(21-6-4-5-11-25-21)22(28-23)18-9-7-17(8-10-18)13-27-24(29)19-12-16(19)3/h4-11,14-16,19H,12-13H2,1-3H3,(H,27,29). The van der Waals surface area contributed by atoms with Crippen LogP contribution in [0.3, 0.4) is 0 Å². The predicted molar refractivity (Wildman–Crippen MR) is 114 cm³/mol. The molecular weight excluding hydrogens is 360 g/mol. The topological polar surface area (TPSA) is 67.8 Å². The minimum Gasteiger partial charge on any atom is -0.352 e. The molecule has 29 heavy (non-hydrogen) atoms. The quantitative estimate of drug-likeness (QED) is 0.672. The van der Waals surface area contributed by atoms with Crippen molar-refractivity contribution in [1.29, 1.82) is 0 Å². The van der Waals surface area contributed by atoms with E-state index in [1.807, 2.05) is 36.5 Å². The van der Waals surface area contributed by atoms with Crippen LogP contribution in [-0.4, -0.2) is 20.9 Å². The van der Waals surface area contributed by atoms with E-state index in [4.69, 9.17) is 4.98 Å². The SMILES string of the molecule is CC(C)c1ncc(-c2ccccn2)c(-c2ccc(CNC(=O)C3CC3C)cc2)n1. The van der Waals surface area contributed by atoms with Crippen LogP contribution in [0, 0.1) is 11.8 Å². The Morgan fingerprint density at radius 2 is 1.90 bits per heavy atom. The molecule has 0 aliphatic heterocycles. The maximum atomic E-state index is 12.0. The molecule has 1 saturated carbocycles. The molecule has 5 heteroatoms. The largest absolute Gasteiger partial charge is 0.352 e. The number of aromatic nitrogens is 3. The van der Waals surface area contributed by atoms with Gasteiger partial charge in [0.05, 0.1) is 11.4 Å². The Kier molecular flexibility index (Phi) is 5.38. The van der Waals surface area contributed by atoms with Crippen molar-refractivity contribution in [1.82, 2.24) is 20.3 Å². The van der Waals surface area contributed by atoms with Crippen LogP contribution >= 0.6 is 0 Å². The number of carbonyl (C=O) groups excluding carboxylic acids is 1. The van der Waals surface area contributed by atoms with Crippen LogP contribution in [-0.2, 0) is 11.3 Å². The van der Waals surface area contributed by atoms with Crippen LogP contribution < -0.4 is 5.32 Å². The lowest BCUT2D eigenvalue weighted by Gasteiger charge is -2.12. The van der Waals surface area contributed by atoms with Gasteiger partial charge in [0, 0.05) is 41.9 Å². The van der Waals surface area contributed by atoms with Gasteiger partial charge >= 0.3 is 0 Å². The third-order valence-corrected chi connectivity index (χ3v) is 5.40. The second-order valence-corrected chi connectivity index (χ2v) is 8.09. The number of hydrogen-bond donors (Lipinski definition) is 1. The molecule has 1 fully saturated rings. The van der Waals surface area contributed by atoms with Crippen molar-refractivity contribution in [2.24, 2.45) is 11.8 Å². The lowest BCUT2D eigenvalue weighted by Crippen LogP contribution is -2.24. The number of hydrogen-bond acceptors (Lipinski definition) is 4. The highest BCUT2D eigenvalue weighted by molar-refractivity contribution is 5.81. The van der Waals surface area contributed by atoms with E-state index in [1.165, 1.54) is 0 Å². The van der Waals surface area contributed by atoms with E-state index >= 15 is 0 Å². The summed E-state index contributed by atoms with van der Waals surface area (Å²) < 4.78 is 0. The van der Waals surface area contributed by atoms with Gasteiger partial charge in [0.1, 0.15) is 5.82 Å². The molecule has 0 saturated heterocycles. The van der Waals surface area contributed by atoms with Crippen LogP contribution in [0.5, 0.6) is 0 Å². The van der Waals surface area contributed by atoms with Crippen LogP contribution in [0.2, 0.25) is 0 Å². The summed E-state index contributed by atoms with van der Waals surface area (Å²) in [4.78, 5) is 25.9. The number of nitrogens with zero attached hydrogens (tertiary/aromatic N) is 3. The monoisotopic (exact) mass is 386 g/mol. The fourth-order valence-corrected chi connectivity index (χ4v) is 3.39. The van der Waals surface area contributed by atoms with Gasteiger partial charge in [-0.15, -0.1) is 0 Å². The van der Waals surface area contributed by atoms with Crippen LogP contribution in [0.1, 0.15) is 44.5 Å². The molecule has 1 aromatic carbocycles. The number of benzene rings is 1. The normalized spacial score (nSPS) is 17.9. The van der Waals surface area contributed by atoms with Gasteiger partial charge in [0.15, 0.2) is 0 Å². The zero-order valence-electron chi connectivity index (χ0n) is 17.1. The summed E-state index contributed by atoms with van der Waals surface area (Å²) in [7, 11) is 0. The van der Waals surface area contributed by atoms with Crippen molar-refractivity contribution in [2.45, 2.75) is 39.7 Å². The Morgan fingerprint density at radius 3 is 2.52 bits per heavy atom. The van der Waals surface area contributed by atoms with Crippen LogP contribution in [0.25, 0.3) is 22.5 Å². The smallest absolute Gasteiger partial charge is 0.223 e. The van der Waals surface area contributed by atoms with Crippen molar-refractivity contribution < 1.29 is 4.79 Å². The summed E-state index contributed by atoms with van der Waals surface area (Å²) in [6.07, 6.45) is 4.65. The lowest BCUT2D eigenvalue weighted by atomic mass is 10.0. The molecule has 1 aliphatic carbocycles. The second kappa shape index (κ2) is 8.11. The Morgan fingerprint density at radius 1 is 1.14 bits per heavy atom. The van der Waals surface area contributed by atoms with Gasteiger partial charge in [-0.1, -0.05) is 51.1 Å². The molecule has 2 atom stereocenters. The first-order valence-electron chi connectivity index (χ1n) is 10.2. The fourth-order valence-electron chi connectivity index (χ4n) is 3.39. The molecule has 0 bridgehead atoms. The molecule has 3 aromatic rings. The Bertz CT molecular complexity index is 999. The third kappa shape index (κ3) is 4.34. The molecule has 1 amide bonds. The first-order chi connectivity index (χ1) is 14.0. The van der Waals surface area contributed by atoms with Gasteiger partial charge in [-0.25, -0.2) is 9.97 Å². The highest BCUT2D eigenvalue weighted by Gasteiger charge is 2.38. The van der Waals surface area contributed by atoms with E-state index in [2.05, 4.69) is 48.2 Å². The van der Waals surface area contributed by atoms with E-state index in [9.17, 15) is 4.79 Å². The summed E-state index contributed by atoms with van der Waals surface area (Å²) in [5, 5.41) is 3.04. The van der Waals surface area contributed by atoms with Crippen molar-refractivity contribution >= 4 is 5.91 Å². The van der Waals surface area contributed by atoms with E-state index in [0.717, 1.165) is 40.3 Å². The molecule has 1 aliphatic rings. The predicted octanol–water partition coefficient (Wildman–Crippen LogP) is 4.60. The van der Waals surface area contributed by atoms with Gasteiger partial charge in [-0.3, -0.25) is 9.78 Å². The number of nitrogens with one attached hydrogen (secondary N) is 1. The van der Waals surface area contributed by atoms with Gasteiger partial charge in [-0.05, 0) is 30.0 Å². The van der Waals surface area contributed by atoms with Crippen LogP contribution in [0.4, 0.5) is 0 Å². The van der Waals surface area contributed by atoms with Gasteiger partial charge in [0.25, 0.3) is 0 Å². The molecule has 0 radical (unpaired) electrons. The molecule has 1 N–H and O–H groups in total. The number of pyridine rings is 1. The minimum atomic E-state index is 0.163. The van der Waals surface area contributed by atoms with Crippen molar-refractivity contribution in [3.8, 4) is 22.5 Å². The van der Waals surface area contributed by atoms with E-state index in [1.54, 1.807) is 6.20 Å². The van der Waals surface area contributed by atoms with E-state index < -0.39 is 0 Å². The zero-order chi connectivity index (χ0) is 20.4. The van der Waals surface area contributed by atoms with Gasteiger partial charge in [0.2, 0.25) is 5.91 Å². The summed E-state index contributed by atoms with van der Waals surface area (Å²) in [6, 6.07) is 14.0. The first-order valence-corrected chi connectivity index (χ1v) is 10.2. The highest BCUT2D eigenvalue weighted by atomic mass is 16.2. The Hall–Kier alpha value is -3.08. The Balaban J connectivity index is 1.59. The highest BCUT2D eigenvalue weighted by Crippen LogP contribution is 2.37. The summed E-state index contributed by atoms with van der Waals surface area (Å²) in [6.45, 7) is 6.85. The fraction of sp³-hybridized carbons (Fsp3) is 0.333. The van der Waals surface area contributed by atoms with Crippen molar-refractivity contribution in [2.75, 3.05) is 0 Å². The number of carbonyl (C=O) groups is 1. The molecule has 4 rings (SSSR count). The van der Waals surface area contributed by atoms with Crippen molar-refractivity contribution in [3.05, 3.63) is 66.2 Å². The van der Waals surface area contributed by atoms with Gasteiger partial charge < -0.3 is 5.32 Å². The van der Waals surface area contributed by atoms with Gasteiger partial charge in [-0.2, -0.15) is 0 Å². The first kappa shape index (κ1) is 19.2. The van der Waals surface area contributed by atoms with E-state index in [-0.39, 0.29) is 17.7 Å². The summed E-state index contributed by atoms with van der Waals surface area (Å²) >= 11 is 0. The lowest BCUT2D eigenvalue weighted by molar-refractivity contribution is -0.122. The third-order valence-electron chi connectivity index (χ3n) is 5.40. The average Bonchev–Trinajstić information content (AvgIpc) is 3.49. The second-order valence-electron chi connectivity index (χ2n) is 8.09. The minimum absolute atomic E-state index is 0.163.